The smallest absolute Gasteiger partial charge is 0.336 e. The Kier molecular flexibility index (Phi) is 4.44. The predicted octanol–water partition coefficient (Wildman–Crippen LogP) is 3.07. The highest BCUT2D eigenvalue weighted by Gasteiger charge is 1.98. The van der Waals surface area contributed by atoms with Gasteiger partial charge in [-0.1, -0.05) is 26.2 Å². The van der Waals surface area contributed by atoms with Gasteiger partial charge in [0.05, 0.1) is 0 Å². The van der Waals surface area contributed by atoms with Gasteiger partial charge in [-0.3, -0.25) is 0 Å². The Labute approximate surface area is 85.0 Å². The van der Waals surface area contributed by atoms with Gasteiger partial charge in [-0.15, -0.1) is 0 Å². The molecule has 0 spiro atoms. The van der Waals surface area contributed by atoms with E-state index in [0.717, 1.165) is 24.2 Å². The van der Waals surface area contributed by atoms with Gasteiger partial charge in [-0.25, -0.2) is 4.79 Å². The molecule has 0 saturated carbocycles. The van der Waals surface area contributed by atoms with Crippen molar-refractivity contribution in [1.29, 1.82) is 0 Å². The summed E-state index contributed by atoms with van der Waals surface area (Å²) in [5.74, 6) is 0.825. The van der Waals surface area contributed by atoms with Crippen molar-refractivity contribution in [3.63, 3.8) is 0 Å². The molecule has 1 aromatic rings. The van der Waals surface area contributed by atoms with E-state index >= 15 is 0 Å². The van der Waals surface area contributed by atoms with Crippen molar-refractivity contribution < 1.29 is 4.42 Å². The van der Waals surface area contributed by atoms with Gasteiger partial charge in [0.1, 0.15) is 5.76 Å². The lowest BCUT2D eigenvalue weighted by atomic mass is 10.1. The van der Waals surface area contributed by atoms with E-state index in [9.17, 15) is 4.79 Å². The molecule has 0 amide bonds. The normalized spacial score (nSPS) is 10.4. The van der Waals surface area contributed by atoms with Crippen LogP contribution in [0, 0.1) is 6.92 Å². The van der Waals surface area contributed by atoms with Crippen LogP contribution in [0.3, 0.4) is 0 Å². The standard InChI is InChI=1S/C12H18O2/c1-3-4-5-6-7-11-8-10(2)9-12(13)14-11/h8-9H,3-7H2,1-2H3. The fourth-order valence-electron chi connectivity index (χ4n) is 1.52. The van der Waals surface area contributed by atoms with Crippen LogP contribution in [0.2, 0.25) is 0 Å². The zero-order valence-electron chi connectivity index (χ0n) is 9.01. The van der Waals surface area contributed by atoms with Crippen LogP contribution in [0.5, 0.6) is 0 Å². The number of hydrogen-bond donors (Lipinski definition) is 0. The van der Waals surface area contributed by atoms with Gasteiger partial charge >= 0.3 is 5.63 Å². The van der Waals surface area contributed by atoms with E-state index in [4.69, 9.17) is 4.42 Å². The van der Waals surface area contributed by atoms with Crippen LogP contribution in [0.1, 0.15) is 43.9 Å². The highest BCUT2D eigenvalue weighted by molar-refractivity contribution is 5.11. The van der Waals surface area contributed by atoms with Crippen LogP contribution >= 0.6 is 0 Å². The maximum atomic E-state index is 11.0. The van der Waals surface area contributed by atoms with Gasteiger partial charge in [-0.05, 0) is 25.0 Å². The van der Waals surface area contributed by atoms with Gasteiger partial charge in [0.15, 0.2) is 0 Å². The third-order valence-corrected chi connectivity index (χ3v) is 2.24. The molecule has 14 heavy (non-hydrogen) atoms. The van der Waals surface area contributed by atoms with Crippen LogP contribution in [0.4, 0.5) is 0 Å². The molecular formula is C12H18O2. The van der Waals surface area contributed by atoms with Crippen LogP contribution < -0.4 is 5.63 Å². The van der Waals surface area contributed by atoms with Crippen molar-refractivity contribution in [3.05, 3.63) is 33.9 Å². The quantitative estimate of drug-likeness (QED) is 0.674. The topological polar surface area (TPSA) is 30.2 Å². The molecule has 0 unspecified atom stereocenters. The Morgan fingerprint density at radius 3 is 2.64 bits per heavy atom. The summed E-state index contributed by atoms with van der Waals surface area (Å²) < 4.78 is 5.08. The summed E-state index contributed by atoms with van der Waals surface area (Å²) in [7, 11) is 0. The van der Waals surface area contributed by atoms with Gasteiger partial charge in [0.2, 0.25) is 0 Å². The Balaban J connectivity index is 2.46. The van der Waals surface area contributed by atoms with Gasteiger partial charge < -0.3 is 4.42 Å². The third-order valence-electron chi connectivity index (χ3n) is 2.24. The lowest BCUT2D eigenvalue weighted by Crippen LogP contribution is -2.00. The first-order chi connectivity index (χ1) is 6.72. The zero-order chi connectivity index (χ0) is 10.4. The maximum Gasteiger partial charge on any atom is 0.336 e. The van der Waals surface area contributed by atoms with E-state index in [1.807, 2.05) is 13.0 Å². The highest BCUT2D eigenvalue weighted by Crippen LogP contribution is 2.07. The number of rotatable bonds is 5. The van der Waals surface area contributed by atoms with Crippen molar-refractivity contribution in [1.82, 2.24) is 0 Å². The van der Waals surface area contributed by atoms with Crippen LogP contribution in [-0.2, 0) is 6.42 Å². The Morgan fingerprint density at radius 1 is 1.21 bits per heavy atom. The fourth-order valence-corrected chi connectivity index (χ4v) is 1.52. The summed E-state index contributed by atoms with van der Waals surface area (Å²) in [4.78, 5) is 11.0. The van der Waals surface area contributed by atoms with E-state index in [2.05, 4.69) is 6.92 Å². The molecular weight excluding hydrogens is 176 g/mol. The number of hydrogen-bond acceptors (Lipinski definition) is 2. The molecule has 78 valence electrons. The minimum Gasteiger partial charge on any atom is -0.428 e. The second-order valence-electron chi connectivity index (χ2n) is 3.73. The second kappa shape index (κ2) is 5.63. The molecule has 1 rings (SSSR count). The highest BCUT2D eigenvalue weighted by atomic mass is 16.4. The summed E-state index contributed by atoms with van der Waals surface area (Å²) in [6, 6.07) is 3.48. The third kappa shape index (κ3) is 3.77. The van der Waals surface area contributed by atoms with Crippen molar-refractivity contribution in [3.8, 4) is 0 Å². The first-order valence-electron chi connectivity index (χ1n) is 5.33. The molecule has 0 fully saturated rings. The van der Waals surface area contributed by atoms with Gasteiger partial charge in [0, 0.05) is 12.5 Å². The molecule has 1 aromatic heterocycles. The predicted molar refractivity (Wildman–Crippen MR) is 57.6 cm³/mol. The maximum absolute atomic E-state index is 11.0. The summed E-state index contributed by atoms with van der Waals surface area (Å²) >= 11 is 0. The van der Waals surface area contributed by atoms with Crippen molar-refractivity contribution in [2.75, 3.05) is 0 Å². The summed E-state index contributed by atoms with van der Waals surface area (Å²) in [5, 5.41) is 0. The van der Waals surface area contributed by atoms with Crippen LogP contribution in [-0.4, -0.2) is 0 Å². The average Bonchev–Trinajstić information content (AvgIpc) is 2.11. The lowest BCUT2D eigenvalue weighted by molar-refractivity contribution is 0.448. The van der Waals surface area contributed by atoms with Gasteiger partial charge in [-0.2, -0.15) is 0 Å². The van der Waals surface area contributed by atoms with E-state index in [1.54, 1.807) is 0 Å². The second-order valence-corrected chi connectivity index (χ2v) is 3.73. The van der Waals surface area contributed by atoms with Crippen LogP contribution in [0.25, 0.3) is 0 Å². The fraction of sp³-hybridized carbons (Fsp3) is 0.583. The molecule has 0 aliphatic rings. The van der Waals surface area contributed by atoms with Crippen molar-refractivity contribution in [2.45, 2.75) is 46.0 Å². The number of aryl methyl sites for hydroxylation is 2. The molecule has 0 atom stereocenters. The largest absolute Gasteiger partial charge is 0.428 e. The molecule has 0 bridgehead atoms. The molecule has 0 aromatic carbocycles. The summed E-state index contributed by atoms with van der Waals surface area (Å²) in [6.07, 6.45) is 5.71. The molecule has 2 nitrogen and oxygen atoms in total. The number of unbranched alkanes of at least 4 members (excludes halogenated alkanes) is 3. The molecule has 0 aliphatic heterocycles. The minimum atomic E-state index is -0.226. The van der Waals surface area contributed by atoms with E-state index in [1.165, 1.54) is 25.3 Å². The Bertz CT molecular complexity index is 325. The van der Waals surface area contributed by atoms with E-state index in [0.29, 0.717) is 0 Å². The molecule has 0 aliphatic carbocycles. The molecule has 2 heteroatoms. The van der Waals surface area contributed by atoms with Crippen molar-refractivity contribution in [2.24, 2.45) is 0 Å². The summed E-state index contributed by atoms with van der Waals surface area (Å²) in [6.45, 7) is 4.11. The van der Waals surface area contributed by atoms with Gasteiger partial charge in [0.25, 0.3) is 0 Å². The van der Waals surface area contributed by atoms with E-state index in [-0.39, 0.29) is 5.63 Å². The first-order valence-corrected chi connectivity index (χ1v) is 5.33. The SMILES string of the molecule is CCCCCCc1cc(C)cc(=O)o1. The molecule has 0 radical (unpaired) electrons. The first kappa shape index (κ1) is 11.0. The monoisotopic (exact) mass is 194 g/mol. The van der Waals surface area contributed by atoms with Crippen LogP contribution in [0.15, 0.2) is 21.3 Å². The molecule has 0 saturated heterocycles. The average molecular weight is 194 g/mol. The Morgan fingerprint density at radius 2 is 2.00 bits per heavy atom. The van der Waals surface area contributed by atoms with Crippen molar-refractivity contribution >= 4 is 0 Å². The minimum absolute atomic E-state index is 0.226. The lowest BCUT2D eigenvalue weighted by Gasteiger charge is -2.00. The summed E-state index contributed by atoms with van der Waals surface area (Å²) in [5.41, 5.74) is 0.766. The molecule has 1 heterocycles. The zero-order valence-corrected chi connectivity index (χ0v) is 9.01. The van der Waals surface area contributed by atoms with E-state index < -0.39 is 0 Å². The molecule has 0 N–H and O–H groups in total. The Hall–Kier alpha value is -1.05.